The van der Waals surface area contributed by atoms with Gasteiger partial charge < -0.3 is 5.32 Å². The van der Waals surface area contributed by atoms with Crippen LogP contribution in [0.4, 0.5) is 13.2 Å². The highest BCUT2D eigenvalue weighted by molar-refractivity contribution is 4.71. The Kier molecular flexibility index (Phi) is 5.59. The molecule has 4 heteroatoms. The Morgan fingerprint density at radius 2 is 1.69 bits per heavy atom. The van der Waals surface area contributed by atoms with E-state index in [2.05, 4.69) is 5.32 Å². The van der Waals surface area contributed by atoms with Crippen LogP contribution in [-0.2, 0) is 0 Å². The minimum Gasteiger partial charge on any atom is -0.314 e. The lowest BCUT2D eigenvalue weighted by atomic mass is 10.00. The van der Waals surface area contributed by atoms with Crippen molar-refractivity contribution in [2.75, 3.05) is 6.54 Å². The molecule has 1 N–H and O–H groups in total. The molecule has 0 aromatic heterocycles. The van der Waals surface area contributed by atoms with Gasteiger partial charge in [-0.1, -0.05) is 25.7 Å². The van der Waals surface area contributed by atoms with Gasteiger partial charge >= 0.3 is 6.18 Å². The highest BCUT2D eigenvalue weighted by atomic mass is 19.4. The van der Waals surface area contributed by atoms with Crippen molar-refractivity contribution in [1.82, 2.24) is 5.32 Å². The largest absolute Gasteiger partial charge is 0.390 e. The average Bonchev–Trinajstić information content (AvgIpc) is 2.39. The topological polar surface area (TPSA) is 12.0 Å². The molecular weight excluding hydrogens is 215 g/mol. The molecule has 1 aliphatic carbocycles. The molecule has 0 aliphatic heterocycles. The van der Waals surface area contributed by atoms with E-state index in [1.54, 1.807) is 6.92 Å². The quantitative estimate of drug-likeness (QED) is 0.731. The van der Waals surface area contributed by atoms with E-state index in [1.807, 2.05) is 0 Å². The maximum Gasteiger partial charge on any atom is 0.390 e. The molecule has 96 valence electrons. The molecule has 0 spiro atoms. The molecule has 1 fully saturated rings. The van der Waals surface area contributed by atoms with Crippen molar-refractivity contribution >= 4 is 0 Å². The monoisotopic (exact) mass is 237 g/mol. The van der Waals surface area contributed by atoms with E-state index in [0.717, 1.165) is 6.54 Å². The van der Waals surface area contributed by atoms with Crippen molar-refractivity contribution < 1.29 is 13.2 Å². The van der Waals surface area contributed by atoms with Crippen LogP contribution in [0.1, 0.15) is 51.9 Å². The molecule has 16 heavy (non-hydrogen) atoms. The molecule has 1 atom stereocenters. The number of hydrogen-bond acceptors (Lipinski definition) is 1. The smallest absolute Gasteiger partial charge is 0.314 e. The van der Waals surface area contributed by atoms with Crippen molar-refractivity contribution in [3.05, 3.63) is 0 Å². The lowest BCUT2D eigenvalue weighted by molar-refractivity contribution is -0.139. The van der Waals surface area contributed by atoms with E-state index in [1.165, 1.54) is 38.5 Å². The van der Waals surface area contributed by atoms with Gasteiger partial charge in [-0.15, -0.1) is 0 Å². The summed E-state index contributed by atoms with van der Waals surface area (Å²) in [5.41, 5.74) is 0. The maximum atomic E-state index is 12.1. The number of nitrogens with one attached hydrogen (secondary N) is 1. The number of halogens is 3. The van der Waals surface area contributed by atoms with Gasteiger partial charge in [-0.05, 0) is 32.2 Å². The molecule has 0 saturated heterocycles. The zero-order valence-electron chi connectivity index (χ0n) is 9.95. The fourth-order valence-electron chi connectivity index (χ4n) is 2.36. The second-order valence-corrected chi connectivity index (χ2v) is 4.99. The molecule has 1 saturated carbocycles. The fourth-order valence-corrected chi connectivity index (χ4v) is 2.36. The van der Waals surface area contributed by atoms with Crippen LogP contribution in [-0.4, -0.2) is 18.8 Å². The average molecular weight is 237 g/mol. The van der Waals surface area contributed by atoms with E-state index in [-0.39, 0.29) is 0 Å². The molecular formula is C12H22F3N. The van der Waals surface area contributed by atoms with Crippen LogP contribution in [0.25, 0.3) is 0 Å². The Morgan fingerprint density at radius 3 is 2.19 bits per heavy atom. The molecule has 1 rings (SSSR count). The first-order valence-electron chi connectivity index (χ1n) is 6.27. The maximum absolute atomic E-state index is 12.1. The SMILES string of the molecule is CC(CC(F)(F)F)NCC1CCCCCC1. The van der Waals surface area contributed by atoms with Crippen LogP contribution in [0.3, 0.4) is 0 Å². The summed E-state index contributed by atoms with van der Waals surface area (Å²) in [5.74, 6) is 0.582. The van der Waals surface area contributed by atoms with Gasteiger partial charge in [-0.25, -0.2) is 0 Å². The summed E-state index contributed by atoms with van der Waals surface area (Å²) in [6, 6.07) is -0.455. The Labute approximate surface area is 95.8 Å². The zero-order chi connectivity index (χ0) is 12.0. The summed E-state index contributed by atoms with van der Waals surface area (Å²) in [6.45, 7) is 2.36. The van der Waals surface area contributed by atoms with Crippen LogP contribution in [0.2, 0.25) is 0 Å². The Balaban J connectivity index is 2.17. The van der Waals surface area contributed by atoms with Crippen LogP contribution >= 0.6 is 0 Å². The molecule has 0 aromatic rings. The lowest BCUT2D eigenvalue weighted by Crippen LogP contribution is -2.34. The predicted octanol–water partition coefficient (Wildman–Crippen LogP) is 3.89. The summed E-state index contributed by atoms with van der Waals surface area (Å²) >= 11 is 0. The molecule has 1 unspecified atom stereocenters. The Bertz CT molecular complexity index is 183. The first-order chi connectivity index (χ1) is 7.47. The first-order valence-corrected chi connectivity index (χ1v) is 6.27. The number of hydrogen-bond donors (Lipinski definition) is 1. The minimum atomic E-state index is -4.05. The third-order valence-electron chi connectivity index (χ3n) is 3.27. The van der Waals surface area contributed by atoms with Crippen molar-refractivity contribution in [3.63, 3.8) is 0 Å². The van der Waals surface area contributed by atoms with Crippen molar-refractivity contribution in [2.45, 2.75) is 64.1 Å². The van der Waals surface area contributed by atoms with Crippen LogP contribution in [0.5, 0.6) is 0 Å². The van der Waals surface area contributed by atoms with E-state index >= 15 is 0 Å². The molecule has 0 amide bonds. The van der Waals surface area contributed by atoms with Gasteiger partial charge in [0.05, 0.1) is 6.42 Å². The second kappa shape index (κ2) is 6.48. The van der Waals surface area contributed by atoms with Crippen molar-refractivity contribution in [2.24, 2.45) is 5.92 Å². The molecule has 0 bridgehead atoms. The third-order valence-corrected chi connectivity index (χ3v) is 3.27. The first kappa shape index (κ1) is 13.8. The fraction of sp³-hybridized carbons (Fsp3) is 1.00. The highest BCUT2D eigenvalue weighted by Crippen LogP contribution is 2.24. The van der Waals surface area contributed by atoms with Crippen molar-refractivity contribution in [1.29, 1.82) is 0 Å². The third kappa shape index (κ3) is 6.36. The highest BCUT2D eigenvalue weighted by Gasteiger charge is 2.29. The molecule has 0 radical (unpaired) electrons. The Hall–Kier alpha value is -0.250. The summed E-state index contributed by atoms with van der Waals surface area (Å²) < 4.78 is 36.3. The number of alkyl halides is 3. The molecule has 1 nitrogen and oxygen atoms in total. The molecule has 1 aliphatic rings. The van der Waals surface area contributed by atoms with Gasteiger partial charge in [0.15, 0.2) is 0 Å². The van der Waals surface area contributed by atoms with Gasteiger partial charge in [-0.3, -0.25) is 0 Å². The van der Waals surface area contributed by atoms with E-state index < -0.39 is 18.6 Å². The van der Waals surface area contributed by atoms with Gasteiger partial charge in [0.25, 0.3) is 0 Å². The van der Waals surface area contributed by atoms with Gasteiger partial charge in [0, 0.05) is 6.04 Å². The van der Waals surface area contributed by atoms with Crippen molar-refractivity contribution in [3.8, 4) is 0 Å². The lowest BCUT2D eigenvalue weighted by Gasteiger charge is -2.20. The number of rotatable bonds is 4. The normalized spacial score (nSPS) is 21.8. The van der Waals surface area contributed by atoms with Crippen LogP contribution in [0, 0.1) is 5.92 Å². The van der Waals surface area contributed by atoms with Crippen LogP contribution in [0.15, 0.2) is 0 Å². The summed E-state index contributed by atoms with van der Waals surface area (Å²) in [7, 11) is 0. The van der Waals surface area contributed by atoms with Gasteiger partial charge in [-0.2, -0.15) is 13.2 Å². The summed E-state index contributed by atoms with van der Waals surface area (Å²) in [5, 5.41) is 3.02. The summed E-state index contributed by atoms with van der Waals surface area (Å²) in [4.78, 5) is 0. The summed E-state index contributed by atoms with van der Waals surface area (Å²) in [6.07, 6.45) is 2.62. The van der Waals surface area contributed by atoms with Crippen LogP contribution < -0.4 is 5.32 Å². The van der Waals surface area contributed by atoms with E-state index in [9.17, 15) is 13.2 Å². The minimum absolute atomic E-state index is 0.455. The molecule has 0 aromatic carbocycles. The second-order valence-electron chi connectivity index (χ2n) is 4.99. The van der Waals surface area contributed by atoms with Gasteiger partial charge in [0.1, 0.15) is 0 Å². The standard InChI is InChI=1S/C12H22F3N/c1-10(8-12(13,14)15)16-9-11-6-4-2-3-5-7-11/h10-11,16H,2-9H2,1H3. The van der Waals surface area contributed by atoms with E-state index in [4.69, 9.17) is 0 Å². The molecule has 0 heterocycles. The zero-order valence-corrected chi connectivity index (χ0v) is 9.95. The Morgan fingerprint density at radius 1 is 1.12 bits per heavy atom. The van der Waals surface area contributed by atoms with Gasteiger partial charge in [0.2, 0.25) is 0 Å². The van der Waals surface area contributed by atoms with E-state index in [0.29, 0.717) is 5.92 Å². The predicted molar refractivity (Wildman–Crippen MR) is 59.3 cm³/mol.